The van der Waals surface area contributed by atoms with Crippen molar-refractivity contribution < 1.29 is 18.3 Å². The number of hydrogen-bond acceptors (Lipinski definition) is 4. The van der Waals surface area contributed by atoms with Crippen LogP contribution in [0.15, 0.2) is 54.7 Å². The van der Waals surface area contributed by atoms with Gasteiger partial charge in [0.1, 0.15) is 17.5 Å². The van der Waals surface area contributed by atoms with Gasteiger partial charge >= 0.3 is 6.03 Å². The molecule has 204 valence electrons. The van der Waals surface area contributed by atoms with Gasteiger partial charge in [-0.3, -0.25) is 0 Å². The van der Waals surface area contributed by atoms with Crippen LogP contribution >= 0.6 is 0 Å². The maximum Gasteiger partial charge on any atom is 0.320 e. The van der Waals surface area contributed by atoms with E-state index < -0.39 is 11.5 Å². The molecule has 7 nitrogen and oxygen atoms in total. The molecule has 2 N–H and O–H groups in total. The minimum Gasteiger partial charge on any atom is -0.378 e. The van der Waals surface area contributed by atoms with Crippen molar-refractivity contribution in [2.75, 3.05) is 39.4 Å². The molecular formula is C29H37F2N5O2. The van der Waals surface area contributed by atoms with Crippen molar-refractivity contribution >= 4 is 6.03 Å². The number of ether oxygens (including phenoxy) is 1. The van der Waals surface area contributed by atoms with E-state index in [-0.39, 0.29) is 17.7 Å². The Kier molecular flexibility index (Phi) is 8.79. The topological polar surface area (TPSA) is 76.6 Å². The number of rotatable bonds is 8. The molecule has 0 bridgehead atoms. The Morgan fingerprint density at radius 2 is 1.79 bits per heavy atom. The summed E-state index contributed by atoms with van der Waals surface area (Å²) in [4.78, 5) is 22.6. The highest BCUT2D eigenvalue weighted by Crippen LogP contribution is 2.39. The lowest BCUT2D eigenvalue weighted by Crippen LogP contribution is -2.52. The molecule has 0 unspecified atom stereocenters. The van der Waals surface area contributed by atoms with E-state index in [1.54, 1.807) is 18.2 Å². The monoisotopic (exact) mass is 525 g/mol. The summed E-state index contributed by atoms with van der Waals surface area (Å²) >= 11 is 0. The van der Waals surface area contributed by atoms with Gasteiger partial charge in [0.2, 0.25) is 0 Å². The first-order valence-corrected chi connectivity index (χ1v) is 13.1. The number of hydrogen-bond donors (Lipinski definition) is 1. The molecule has 38 heavy (non-hydrogen) atoms. The summed E-state index contributed by atoms with van der Waals surface area (Å²) < 4.78 is 35.6. The van der Waals surface area contributed by atoms with Crippen LogP contribution in [0.5, 0.6) is 0 Å². The van der Waals surface area contributed by atoms with E-state index in [4.69, 9.17) is 15.5 Å². The SMILES string of the molecule is CC(C)(C)[C@H](c1nc(-c2cccc(F)c2)cn1Cc1cccc(F)c1)N(CCCN)C(=O)N1CCOCC1. The lowest BCUT2D eigenvalue weighted by atomic mass is 9.84. The van der Waals surface area contributed by atoms with Crippen molar-refractivity contribution in [1.82, 2.24) is 19.4 Å². The van der Waals surface area contributed by atoms with Crippen LogP contribution in [0.2, 0.25) is 0 Å². The molecule has 1 aromatic heterocycles. The molecule has 0 radical (unpaired) electrons. The van der Waals surface area contributed by atoms with Crippen molar-refractivity contribution in [3.63, 3.8) is 0 Å². The van der Waals surface area contributed by atoms with Crippen molar-refractivity contribution in [3.05, 3.63) is 77.8 Å². The third-order valence-electron chi connectivity index (χ3n) is 6.68. The smallest absolute Gasteiger partial charge is 0.320 e. The molecular weight excluding hydrogens is 488 g/mol. The molecule has 0 aliphatic carbocycles. The van der Waals surface area contributed by atoms with E-state index >= 15 is 0 Å². The number of imidazole rings is 1. The fourth-order valence-corrected chi connectivity index (χ4v) is 4.92. The Labute approximate surface area is 223 Å². The molecule has 9 heteroatoms. The predicted octanol–water partition coefficient (Wildman–Crippen LogP) is 5.07. The molecule has 1 fully saturated rings. The number of halogens is 2. The van der Waals surface area contributed by atoms with Crippen LogP contribution in [0.4, 0.5) is 13.6 Å². The Bertz CT molecular complexity index is 1230. The van der Waals surface area contributed by atoms with Crippen LogP contribution < -0.4 is 5.73 Å². The quantitative estimate of drug-likeness (QED) is 0.446. The summed E-state index contributed by atoms with van der Waals surface area (Å²) in [5.74, 6) is -0.0308. The third-order valence-corrected chi connectivity index (χ3v) is 6.68. The fraction of sp³-hybridized carbons (Fsp3) is 0.448. The highest BCUT2D eigenvalue weighted by molar-refractivity contribution is 5.75. The van der Waals surface area contributed by atoms with Crippen LogP contribution in [0.25, 0.3) is 11.3 Å². The van der Waals surface area contributed by atoms with Gasteiger partial charge in [-0.25, -0.2) is 18.6 Å². The van der Waals surface area contributed by atoms with Crippen molar-refractivity contribution in [1.29, 1.82) is 0 Å². The van der Waals surface area contributed by atoms with E-state index in [0.29, 0.717) is 69.4 Å². The van der Waals surface area contributed by atoms with E-state index in [1.165, 1.54) is 24.3 Å². The second-order valence-electron chi connectivity index (χ2n) is 10.7. The lowest BCUT2D eigenvalue weighted by molar-refractivity contribution is 0.0283. The molecule has 2 heterocycles. The van der Waals surface area contributed by atoms with Crippen molar-refractivity contribution in [3.8, 4) is 11.3 Å². The summed E-state index contributed by atoms with van der Waals surface area (Å²) in [5, 5.41) is 0. The number of carbonyl (C=O) groups excluding carboxylic acids is 1. The normalized spacial score (nSPS) is 14.9. The number of morpholine rings is 1. The first kappa shape index (κ1) is 27.7. The molecule has 2 aromatic carbocycles. The van der Waals surface area contributed by atoms with E-state index in [2.05, 4.69) is 20.8 Å². The van der Waals surface area contributed by atoms with Gasteiger partial charge in [0.25, 0.3) is 0 Å². The Morgan fingerprint density at radius 3 is 2.42 bits per heavy atom. The molecule has 0 spiro atoms. The van der Waals surface area contributed by atoms with Gasteiger partial charge in [-0.2, -0.15) is 0 Å². The average molecular weight is 526 g/mol. The van der Waals surface area contributed by atoms with Crippen LogP contribution in [-0.2, 0) is 11.3 Å². The zero-order valence-corrected chi connectivity index (χ0v) is 22.4. The standard InChI is InChI=1S/C29H37F2N5O2/c1-29(2,3)26(36(12-6-11-32)28(37)34-13-15-38-16-14-34)27-33-25(22-8-5-10-24(31)18-22)20-35(27)19-21-7-4-9-23(30)17-21/h4-5,7-10,17-18,20,26H,6,11-16,19,32H2,1-3H3/t26-/m0/s1. The van der Waals surface area contributed by atoms with Crippen molar-refractivity contribution in [2.24, 2.45) is 11.1 Å². The summed E-state index contributed by atoms with van der Waals surface area (Å²) in [7, 11) is 0. The largest absolute Gasteiger partial charge is 0.378 e. The minimum atomic E-state index is -0.430. The average Bonchev–Trinajstić information content (AvgIpc) is 3.28. The maximum absolute atomic E-state index is 14.1. The number of urea groups is 1. The van der Waals surface area contributed by atoms with Gasteiger partial charge in [-0.15, -0.1) is 0 Å². The maximum atomic E-state index is 14.1. The number of nitrogens with zero attached hydrogens (tertiary/aromatic N) is 4. The van der Waals surface area contributed by atoms with Crippen LogP contribution in [-0.4, -0.2) is 64.8 Å². The van der Waals surface area contributed by atoms with Gasteiger partial charge in [-0.1, -0.05) is 45.0 Å². The van der Waals surface area contributed by atoms with Crippen LogP contribution in [0.1, 0.15) is 44.6 Å². The zero-order chi connectivity index (χ0) is 27.3. The van der Waals surface area contributed by atoms with E-state index in [0.717, 1.165) is 5.56 Å². The molecule has 1 atom stereocenters. The second kappa shape index (κ2) is 12.0. The lowest BCUT2D eigenvalue weighted by Gasteiger charge is -2.42. The second-order valence-corrected chi connectivity index (χ2v) is 10.7. The highest BCUT2D eigenvalue weighted by Gasteiger charge is 2.40. The van der Waals surface area contributed by atoms with Crippen LogP contribution in [0, 0.1) is 17.0 Å². The third kappa shape index (κ3) is 6.57. The summed E-state index contributed by atoms with van der Waals surface area (Å²) in [6.07, 6.45) is 2.48. The van der Waals surface area contributed by atoms with E-state index in [9.17, 15) is 13.6 Å². The van der Waals surface area contributed by atoms with Gasteiger partial charge in [0.15, 0.2) is 0 Å². The van der Waals surface area contributed by atoms with Crippen LogP contribution in [0.3, 0.4) is 0 Å². The van der Waals surface area contributed by atoms with Gasteiger partial charge < -0.3 is 24.8 Å². The molecule has 1 aliphatic rings. The molecule has 0 saturated carbocycles. The molecule has 3 aromatic rings. The summed E-state index contributed by atoms with van der Waals surface area (Å²) in [5.41, 5.74) is 7.44. The Balaban J connectivity index is 1.83. The first-order chi connectivity index (χ1) is 18.2. The number of aromatic nitrogens is 2. The summed E-state index contributed by atoms with van der Waals surface area (Å²) in [6, 6.07) is 12.2. The highest BCUT2D eigenvalue weighted by atomic mass is 19.1. The Morgan fingerprint density at radius 1 is 1.11 bits per heavy atom. The fourth-order valence-electron chi connectivity index (χ4n) is 4.92. The zero-order valence-electron chi connectivity index (χ0n) is 22.4. The Hall–Kier alpha value is -3.30. The summed E-state index contributed by atoms with van der Waals surface area (Å²) in [6.45, 7) is 9.48. The van der Waals surface area contributed by atoms with Crippen molar-refractivity contribution in [2.45, 2.75) is 39.8 Å². The molecule has 1 saturated heterocycles. The first-order valence-electron chi connectivity index (χ1n) is 13.1. The number of benzene rings is 2. The predicted molar refractivity (Wildman–Crippen MR) is 143 cm³/mol. The van der Waals surface area contributed by atoms with E-state index in [1.807, 2.05) is 26.6 Å². The molecule has 1 aliphatic heterocycles. The minimum absolute atomic E-state index is 0.0886. The van der Waals surface area contributed by atoms with Gasteiger partial charge in [-0.05, 0) is 48.2 Å². The number of carbonyl (C=O) groups is 1. The van der Waals surface area contributed by atoms with Gasteiger partial charge in [0, 0.05) is 37.9 Å². The number of amides is 2. The van der Waals surface area contributed by atoms with Gasteiger partial charge in [0.05, 0.1) is 24.9 Å². The number of nitrogens with two attached hydrogens (primary N) is 1. The molecule has 4 rings (SSSR count). The molecule has 2 amide bonds.